The molecular weight excluding hydrogens is 222 g/mol. The second kappa shape index (κ2) is 8.27. The molecule has 17 heavy (non-hydrogen) atoms. The van der Waals surface area contributed by atoms with Crippen LogP contribution in [0.3, 0.4) is 0 Å². The van der Waals surface area contributed by atoms with Crippen LogP contribution >= 0.6 is 0 Å². The molecule has 0 bridgehead atoms. The fraction of sp³-hybridized carbons (Fsp3) is 0.909. The molecule has 0 aliphatic heterocycles. The zero-order valence-electron chi connectivity index (χ0n) is 10.9. The van der Waals surface area contributed by atoms with Crippen molar-refractivity contribution in [3.63, 3.8) is 0 Å². The van der Waals surface area contributed by atoms with Gasteiger partial charge in [0, 0.05) is 19.1 Å². The molecule has 0 amide bonds. The number of aliphatic hydroxyl groups excluding tert-OH is 1. The van der Waals surface area contributed by atoms with E-state index in [2.05, 4.69) is 10.5 Å². The third-order valence-electron chi connectivity index (χ3n) is 2.70. The number of nitrogens with two attached hydrogens (primary N) is 1. The van der Waals surface area contributed by atoms with Gasteiger partial charge in [0.1, 0.15) is 5.84 Å². The van der Waals surface area contributed by atoms with Gasteiger partial charge in [-0.1, -0.05) is 19.0 Å². The Kier molecular flexibility index (Phi) is 7.86. The predicted molar refractivity (Wildman–Crippen MR) is 67.2 cm³/mol. The van der Waals surface area contributed by atoms with Crippen LogP contribution in [0, 0.1) is 5.41 Å². The summed E-state index contributed by atoms with van der Waals surface area (Å²) in [6.45, 7) is 5.49. The molecule has 0 saturated carbocycles. The lowest BCUT2D eigenvalue weighted by atomic mass is 9.86. The van der Waals surface area contributed by atoms with Crippen molar-refractivity contribution in [3.05, 3.63) is 0 Å². The average molecular weight is 247 g/mol. The molecule has 0 aromatic carbocycles. The summed E-state index contributed by atoms with van der Waals surface area (Å²) in [6.07, 6.45) is 1.23. The lowest BCUT2D eigenvalue weighted by Crippen LogP contribution is -2.34. The highest BCUT2D eigenvalue weighted by atomic mass is 16.5. The second-order valence-corrected chi connectivity index (χ2v) is 4.79. The molecule has 1 atom stereocenters. The zero-order valence-corrected chi connectivity index (χ0v) is 10.9. The van der Waals surface area contributed by atoms with Gasteiger partial charge < -0.3 is 26.1 Å². The molecule has 102 valence electrons. The fourth-order valence-corrected chi connectivity index (χ4v) is 1.44. The van der Waals surface area contributed by atoms with Gasteiger partial charge in [-0.15, -0.1) is 0 Å². The van der Waals surface area contributed by atoms with E-state index in [1.54, 1.807) is 7.11 Å². The van der Waals surface area contributed by atoms with Gasteiger partial charge in [-0.05, 0) is 19.4 Å². The van der Waals surface area contributed by atoms with E-state index in [9.17, 15) is 5.11 Å². The molecule has 0 fully saturated rings. The number of nitrogens with one attached hydrogen (secondary N) is 1. The molecule has 0 aromatic rings. The van der Waals surface area contributed by atoms with Crippen LogP contribution in [0.25, 0.3) is 0 Å². The predicted octanol–water partition coefficient (Wildman–Crippen LogP) is 0.136. The number of ether oxygens (including phenoxy) is 1. The minimum atomic E-state index is -0.475. The van der Waals surface area contributed by atoms with Gasteiger partial charge in [-0.2, -0.15) is 0 Å². The van der Waals surface area contributed by atoms with Gasteiger partial charge in [-0.3, -0.25) is 0 Å². The van der Waals surface area contributed by atoms with Crippen LogP contribution in [0.2, 0.25) is 0 Å². The number of oxime groups is 1. The van der Waals surface area contributed by atoms with E-state index in [-0.39, 0.29) is 11.3 Å². The van der Waals surface area contributed by atoms with Crippen molar-refractivity contribution < 1.29 is 15.1 Å². The highest BCUT2D eigenvalue weighted by Gasteiger charge is 2.22. The van der Waals surface area contributed by atoms with Crippen molar-refractivity contribution in [2.45, 2.75) is 32.8 Å². The quantitative estimate of drug-likeness (QED) is 0.153. The number of nitrogens with zero attached hydrogens (tertiary/aromatic N) is 1. The van der Waals surface area contributed by atoms with E-state index in [0.717, 1.165) is 19.4 Å². The first-order valence-electron chi connectivity index (χ1n) is 5.79. The molecule has 0 aliphatic carbocycles. The van der Waals surface area contributed by atoms with E-state index < -0.39 is 6.10 Å². The topological polar surface area (TPSA) is 100 Å². The Morgan fingerprint density at radius 1 is 1.53 bits per heavy atom. The SMILES string of the molecule is COCC(O)CNCCCC(C)(C)C(N)=NO. The van der Waals surface area contributed by atoms with E-state index >= 15 is 0 Å². The minimum absolute atomic E-state index is 0.247. The van der Waals surface area contributed by atoms with Gasteiger partial charge in [-0.25, -0.2) is 0 Å². The number of amidine groups is 1. The summed E-state index contributed by atoms with van der Waals surface area (Å²) in [4.78, 5) is 0. The van der Waals surface area contributed by atoms with E-state index in [1.807, 2.05) is 13.8 Å². The monoisotopic (exact) mass is 247 g/mol. The Balaban J connectivity index is 3.64. The smallest absolute Gasteiger partial charge is 0.144 e. The number of methoxy groups -OCH3 is 1. The molecule has 1 unspecified atom stereocenters. The molecule has 0 aromatic heterocycles. The molecule has 0 rings (SSSR count). The summed E-state index contributed by atoms with van der Waals surface area (Å²) in [6, 6.07) is 0. The molecule has 0 saturated heterocycles. The lowest BCUT2D eigenvalue weighted by Gasteiger charge is -2.22. The summed E-state index contributed by atoms with van der Waals surface area (Å²) in [5.41, 5.74) is 5.27. The van der Waals surface area contributed by atoms with Crippen molar-refractivity contribution >= 4 is 5.84 Å². The van der Waals surface area contributed by atoms with Gasteiger partial charge in [0.05, 0.1) is 12.7 Å². The summed E-state index contributed by atoms with van der Waals surface area (Å²) < 4.78 is 4.81. The maximum absolute atomic E-state index is 9.37. The van der Waals surface area contributed by atoms with Crippen LogP contribution in [0.5, 0.6) is 0 Å². The lowest BCUT2D eigenvalue weighted by molar-refractivity contribution is 0.0646. The minimum Gasteiger partial charge on any atom is -0.409 e. The highest BCUT2D eigenvalue weighted by molar-refractivity contribution is 5.85. The van der Waals surface area contributed by atoms with E-state index in [4.69, 9.17) is 15.7 Å². The number of hydrogen-bond donors (Lipinski definition) is 4. The van der Waals surface area contributed by atoms with Crippen LogP contribution in [-0.4, -0.2) is 49.1 Å². The van der Waals surface area contributed by atoms with E-state index in [1.165, 1.54) is 0 Å². The van der Waals surface area contributed by atoms with Crippen molar-refractivity contribution in [2.75, 3.05) is 26.8 Å². The number of hydrogen-bond acceptors (Lipinski definition) is 5. The second-order valence-electron chi connectivity index (χ2n) is 4.79. The Morgan fingerprint density at radius 3 is 2.71 bits per heavy atom. The van der Waals surface area contributed by atoms with Gasteiger partial charge >= 0.3 is 0 Å². The molecule has 6 heteroatoms. The number of aliphatic hydroxyl groups is 1. The standard InChI is InChI=1S/C11H25N3O3/c1-11(2,10(12)14-16)5-4-6-13-7-9(15)8-17-3/h9,13,15-16H,4-8H2,1-3H3,(H2,12,14). The van der Waals surface area contributed by atoms with Crippen LogP contribution in [0.15, 0.2) is 5.16 Å². The summed E-state index contributed by atoms with van der Waals surface area (Å²) in [5, 5.41) is 24.1. The molecule has 6 nitrogen and oxygen atoms in total. The fourth-order valence-electron chi connectivity index (χ4n) is 1.44. The third kappa shape index (κ3) is 7.14. The van der Waals surface area contributed by atoms with Crippen LogP contribution in [0.1, 0.15) is 26.7 Å². The molecule has 5 N–H and O–H groups in total. The molecular formula is C11H25N3O3. The highest BCUT2D eigenvalue weighted by Crippen LogP contribution is 2.21. The molecule has 0 spiro atoms. The molecule has 0 heterocycles. The summed E-state index contributed by atoms with van der Waals surface area (Å²) in [7, 11) is 1.56. The number of rotatable bonds is 9. The normalized spacial score (nSPS) is 14.9. The van der Waals surface area contributed by atoms with Gasteiger partial charge in [0.15, 0.2) is 0 Å². The van der Waals surface area contributed by atoms with Gasteiger partial charge in [0.25, 0.3) is 0 Å². The van der Waals surface area contributed by atoms with Crippen LogP contribution in [0.4, 0.5) is 0 Å². The molecule has 0 radical (unpaired) electrons. The van der Waals surface area contributed by atoms with Crippen LogP contribution < -0.4 is 11.1 Å². The van der Waals surface area contributed by atoms with Crippen molar-refractivity contribution in [1.82, 2.24) is 5.32 Å². The Labute approximate surface area is 103 Å². The zero-order chi connectivity index (χ0) is 13.3. The molecule has 0 aliphatic rings. The first-order valence-corrected chi connectivity index (χ1v) is 5.79. The van der Waals surface area contributed by atoms with Crippen molar-refractivity contribution in [1.29, 1.82) is 0 Å². The maximum atomic E-state index is 9.37. The largest absolute Gasteiger partial charge is 0.409 e. The Morgan fingerprint density at radius 2 is 2.18 bits per heavy atom. The average Bonchev–Trinajstić information content (AvgIpc) is 2.27. The first-order chi connectivity index (χ1) is 7.94. The first kappa shape index (κ1) is 16.1. The summed E-state index contributed by atoms with van der Waals surface area (Å²) >= 11 is 0. The third-order valence-corrected chi connectivity index (χ3v) is 2.70. The van der Waals surface area contributed by atoms with Crippen molar-refractivity contribution in [2.24, 2.45) is 16.3 Å². The van der Waals surface area contributed by atoms with Crippen LogP contribution in [-0.2, 0) is 4.74 Å². The Bertz CT molecular complexity index is 232. The Hall–Kier alpha value is -0.850. The summed E-state index contributed by atoms with van der Waals surface area (Å²) in [5.74, 6) is 0.247. The maximum Gasteiger partial charge on any atom is 0.144 e. The van der Waals surface area contributed by atoms with Crippen molar-refractivity contribution in [3.8, 4) is 0 Å². The van der Waals surface area contributed by atoms with Gasteiger partial charge in [0.2, 0.25) is 0 Å². The van der Waals surface area contributed by atoms with E-state index in [0.29, 0.717) is 13.2 Å².